The molecule has 1 heterocycles. The molecule has 2 N–H and O–H groups in total. The molecule has 0 fully saturated rings. The van der Waals surface area contributed by atoms with Crippen molar-refractivity contribution in [3.63, 3.8) is 0 Å². The standard InChI is InChI=1S/C15H18N2O2/c1-11-6-13(8-16-2)9-17-15(11)19-14-5-3-4-12(7-14)10-18/h3-7,9,16,18H,8,10H2,1-2H3. The molecule has 0 aliphatic rings. The van der Waals surface area contributed by atoms with Gasteiger partial charge in [0.25, 0.3) is 0 Å². The van der Waals surface area contributed by atoms with E-state index in [-0.39, 0.29) is 6.61 Å². The topological polar surface area (TPSA) is 54.4 Å². The molecular formula is C15H18N2O2. The minimum absolute atomic E-state index is 0.00468. The Morgan fingerprint density at radius 1 is 1.26 bits per heavy atom. The van der Waals surface area contributed by atoms with E-state index in [1.165, 1.54) is 0 Å². The molecule has 4 heteroatoms. The Kier molecular flexibility index (Phi) is 4.49. The minimum Gasteiger partial charge on any atom is -0.439 e. The number of rotatable bonds is 5. The SMILES string of the molecule is CNCc1cnc(Oc2cccc(CO)c2)c(C)c1. The Hall–Kier alpha value is -1.91. The molecule has 0 saturated carbocycles. The zero-order valence-corrected chi connectivity index (χ0v) is 11.2. The molecule has 2 rings (SSSR count). The van der Waals surface area contributed by atoms with Gasteiger partial charge in [0, 0.05) is 18.3 Å². The third kappa shape index (κ3) is 3.53. The molecule has 0 aliphatic carbocycles. The van der Waals surface area contributed by atoms with Crippen molar-refractivity contribution in [3.05, 3.63) is 53.2 Å². The van der Waals surface area contributed by atoms with E-state index in [0.29, 0.717) is 11.6 Å². The molecule has 0 aliphatic heterocycles. The molecule has 0 atom stereocenters. The monoisotopic (exact) mass is 258 g/mol. The van der Waals surface area contributed by atoms with Gasteiger partial charge in [-0.25, -0.2) is 4.98 Å². The second-order valence-corrected chi connectivity index (χ2v) is 4.40. The van der Waals surface area contributed by atoms with Crippen LogP contribution >= 0.6 is 0 Å². The molecule has 0 unspecified atom stereocenters. The molecule has 4 nitrogen and oxygen atoms in total. The number of aromatic nitrogens is 1. The van der Waals surface area contributed by atoms with Crippen LogP contribution in [0.3, 0.4) is 0 Å². The Bertz CT molecular complexity index is 556. The summed E-state index contributed by atoms with van der Waals surface area (Å²) in [5.74, 6) is 1.28. The van der Waals surface area contributed by atoms with Gasteiger partial charge in [-0.05, 0) is 43.3 Å². The number of aliphatic hydroxyl groups is 1. The van der Waals surface area contributed by atoms with E-state index in [1.807, 2.05) is 38.2 Å². The molecule has 19 heavy (non-hydrogen) atoms. The summed E-state index contributed by atoms with van der Waals surface area (Å²) in [7, 11) is 1.90. The lowest BCUT2D eigenvalue weighted by molar-refractivity contribution is 0.281. The molecule has 1 aromatic heterocycles. The van der Waals surface area contributed by atoms with E-state index < -0.39 is 0 Å². The molecule has 100 valence electrons. The van der Waals surface area contributed by atoms with Gasteiger partial charge in [-0.2, -0.15) is 0 Å². The molecule has 0 radical (unpaired) electrons. The number of ether oxygens (including phenoxy) is 1. The van der Waals surface area contributed by atoms with Crippen LogP contribution in [0.4, 0.5) is 0 Å². The molecule has 2 aromatic rings. The first-order valence-corrected chi connectivity index (χ1v) is 6.20. The van der Waals surface area contributed by atoms with Crippen LogP contribution in [-0.4, -0.2) is 17.1 Å². The average Bonchev–Trinajstić information content (AvgIpc) is 2.42. The summed E-state index contributed by atoms with van der Waals surface area (Å²) in [6, 6.07) is 9.41. The van der Waals surface area contributed by atoms with Crippen molar-refractivity contribution in [1.82, 2.24) is 10.3 Å². The normalized spacial score (nSPS) is 10.5. The second-order valence-electron chi connectivity index (χ2n) is 4.40. The first-order chi connectivity index (χ1) is 9.22. The van der Waals surface area contributed by atoms with Crippen molar-refractivity contribution >= 4 is 0 Å². The fraction of sp³-hybridized carbons (Fsp3) is 0.267. The summed E-state index contributed by atoms with van der Waals surface area (Å²) in [5, 5.41) is 12.2. The lowest BCUT2D eigenvalue weighted by Crippen LogP contribution is -2.06. The van der Waals surface area contributed by atoms with Gasteiger partial charge in [0.05, 0.1) is 6.61 Å². The Morgan fingerprint density at radius 3 is 2.79 bits per heavy atom. The van der Waals surface area contributed by atoms with E-state index in [4.69, 9.17) is 9.84 Å². The number of aliphatic hydroxyl groups excluding tert-OH is 1. The fourth-order valence-corrected chi connectivity index (χ4v) is 1.85. The summed E-state index contributed by atoms with van der Waals surface area (Å²) in [6.07, 6.45) is 1.80. The Balaban J connectivity index is 2.18. The van der Waals surface area contributed by atoms with Gasteiger partial charge >= 0.3 is 0 Å². The second kappa shape index (κ2) is 6.31. The smallest absolute Gasteiger partial charge is 0.222 e. The van der Waals surface area contributed by atoms with Gasteiger partial charge in [0.2, 0.25) is 5.88 Å². The number of hydrogen-bond acceptors (Lipinski definition) is 4. The van der Waals surface area contributed by atoms with Gasteiger partial charge < -0.3 is 15.2 Å². The maximum absolute atomic E-state index is 9.10. The maximum Gasteiger partial charge on any atom is 0.222 e. The third-order valence-electron chi connectivity index (χ3n) is 2.76. The first kappa shape index (κ1) is 13.5. The lowest BCUT2D eigenvalue weighted by Gasteiger charge is -2.09. The zero-order chi connectivity index (χ0) is 13.7. The van der Waals surface area contributed by atoms with Gasteiger partial charge in [0.15, 0.2) is 0 Å². The summed E-state index contributed by atoms with van der Waals surface area (Å²) >= 11 is 0. The molecule has 0 amide bonds. The Morgan fingerprint density at radius 2 is 2.11 bits per heavy atom. The number of aryl methyl sites for hydroxylation is 1. The number of pyridine rings is 1. The summed E-state index contributed by atoms with van der Waals surface area (Å²) < 4.78 is 5.74. The summed E-state index contributed by atoms with van der Waals surface area (Å²) in [4.78, 5) is 4.32. The quantitative estimate of drug-likeness (QED) is 0.864. The van der Waals surface area contributed by atoms with Gasteiger partial charge in [-0.1, -0.05) is 12.1 Å². The van der Waals surface area contributed by atoms with Crippen LogP contribution < -0.4 is 10.1 Å². The number of hydrogen-bond donors (Lipinski definition) is 2. The van der Waals surface area contributed by atoms with Crippen LogP contribution in [0, 0.1) is 6.92 Å². The van der Waals surface area contributed by atoms with E-state index in [0.717, 1.165) is 23.2 Å². The van der Waals surface area contributed by atoms with Crippen molar-refractivity contribution < 1.29 is 9.84 Å². The van der Waals surface area contributed by atoms with Crippen molar-refractivity contribution in [3.8, 4) is 11.6 Å². The van der Waals surface area contributed by atoms with E-state index in [1.54, 1.807) is 6.20 Å². The number of benzene rings is 1. The molecule has 0 saturated heterocycles. The van der Waals surface area contributed by atoms with Gasteiger partial charge in [-0.15, -0.1) is 0 Å². The molecule has 1 aromatic carbocycles. The van der Waals surface area contributed by atoms with E-state index in [9.17, 15) is 0 Å². The summed E-state index contributed by atoms with van der Waals surface area (Å²) in [6.45, 7) is 2.76. The number of nitrogens with zero attached hydrogens (tertiary/aromatic N) is 1. The van der Waals surface area contributed by atoms with Gasteiger partial charge in [-0.3, -0.25) is 0 Å². The predicted molar refractivity (Wildman–Crippen MR) is 74.2 cm³/mol. The van der Waals surface area contributed by atoms with Crippen LogP contribution in [0.25, 0.3) is 0 Å². The third-order valence-corrected chi connectivity index (χ3v) is 2.76. The van der Waals surface area contributed by atoms with E-state index in [2.05, 4.69) is 16.4 Å². The largest absolute Gasteiger partial charge is 0.439 e. The zero-order valence-electron chi connectivity index (χ0n) is 11.2. The van der Waals surface area contributed by atoms with Crippen LogP contribution in [0.2, 0.25) is 0 Å². The van der Waals surface area contributed by atoms with Crippen LogP contribution in [-0.2, 0) is 13.2 Å². The van der Waals surface area contributed by atoms with Crippen molar-refractivity contribution in [2.24, 2.45) is 0 Å². The molecule has 0 bridgehead atoms. The van der Waals surface area contributed by atoms with Crippen molar-refractivity contribution in [2.75, 3.05) is 7.05 Å². The fourth-order valence-electron chi connectivity index (χ4n) is 1.85. The molecule has 0 spiro atoms. The van der Waals surface area contributed by atoms with Crippen LogP contribution in [0.5, 0.6) is 11.6 Å². The first-order valence-electron chi connectivity index (χ1n) is 6.20. The lowest BCUT2D eigenvalue weighted by atomic mass is 10.2. The maximum atomic E-state index is 9.10. The van der Waals surface area contributed by atoms with E-state index >= 15 is 0 Å². The summed E-state index contributed by atoms with van der Waals surface area (Å²) in [5.41, 5.74) is 2.93. The van der Waals surface area contributed by atoms with Gasteiger partial charge in [0.1, 0.15) is 5.75 Å². The average molecular weight is 258 g/mol. The van der Waals surface area contributed by atoms with Crippen molar-refractivity contribution in [2.45, 2.75) is 20.1 Å². The highest BCUT2D eigenvalue weighted by atomic mass is 16.5. The minimum atomic E-state index is 0.00468. The van der Waals surface area contributed by atoms with Crippen LogP contribution in [0.15, 0.2) is 36.5 Å². The Labute approximate surface area is 113 Å². The van der Waals surface area contributed by atoms with Crippen LogP contribution in [0.1, 0.15) is 16.7 Å². The highest BCUT2D eigenvalue weighted by molar-refractivity contribution is 5.35. The highest BCUT2D eigenvalue weighted by Gasteiger charge is 2.05. The predicted octanol–water partition coefficient (Wildman–Crippen LogP) is 2.39. The highest BCUT2D eigenvalue weighted by Crippen LogP contribution is 2.24. The number of nitrogens with one attached hydrogen (secondary N) is 1. The van der Waals surface area contributed by atoms with Crippen molar-refractivity contribution in [1.29, 1.82) is 0 Å². The molecular weight excluding hydrogens is 240 g/mol.